The number of rotatable bonds is 2. The predicted molar refractivity (Wildman–Crippen MR) is 79.3 cm³/mol. The van der Waals surface area contributed by atoms with Crippen molar-refractivity contribution in [2.24, 2.45) is 23.3 Å². The fourth-order valence-corrected chi connectivity index (χ4v) is 4.59. The Morgan fingerprint density at radius 1 is 1.05 bits per heavy atom. The molecule has 2 bridgehead atoms. The van der Waals surface area contributed by atoms with Gasteiger partial charge in [-0.3, -0.25) is 4.79 Å². The molecule has 3 fully saturated rings. The number of nitrogens with two attached hydrogens (primary N) is 2. The summed E-state index contributed by atoms with van der Waals surface area (Å²) >= 11 is 0. The number of hydrogen-bond acceptors (Lipinski definition) is 3. The Morgan fingerprint density at radius 2 is 1.71 bits per heavy atom. The molecule has 0 aromatic carbocycles. The molecule has 0 radical (unpaired) electrons. The third kappa shape index (κ3) is 2.86. The van der Waals surface area contributed by atoms with Crippen molar-refractivity contribution in [3.63, 3.8) is 0 Å². The molecule has 118 valence electrons. The lowest BCUT2D eigenvalue weighted by atomic mass is 9.67. The second-order valence-corrected chi connectivity index (χ2v) is 6.91. The maximum atomic E-state index is 12.5. The van der Waals surface area contributed by atoms with Gasteiger partial charge in [0.05, 0.1) is 0 Å². The van der Waals surface area contributed by atoms with Gasteiger partial charge in [0.25, 0.3) is 0 Å². The Bertz CT molecular complexity index is 414. The molecule has 3 rings (SSSR count). The van der Waals surface area contributed by atoms with Crippen LogP contribution < -0.4 is 16.8 Å². The molecule has 3 amide bonds. The zero-order valence-electron chi connectivity index (χ0n) is 12.5. The normalized spacial score (nSPS) is 39.1. The summed E-state index contributed by atoms with van der Waals surface area (Å²) in [5.41, 5.74) is 11.5. The highest BCUT2D eigenvalue weighted by Crippen LogP contribution is 2.39. The highest BCUT2D eigenvalue weighted by Gasteiger charge is 2.42. The highest BCUT2D eigenvalue weighted by molar-refractivity contribution is 5.87. The Hall–Kier alpha value is -1.30. The van der Waals surface area contributed by atoms with Gasteiger partial charge in [0.1, 0.15) is 6.04 Å². The largest absolute Gasteiger partial charge is 0.351 e. The number of likely N-dealkylation sites (tertiary alicyclic amines) is 1. The van der Waals surface area contributed by atoms with Crippen LogP contribution in [0.25, 0.3) is 0 Å². The number of primary amides is 1. The summed E-state index contributed by atoms with van der Waals surface area (Å²) < 4.78 is 0. The zero-order valence-corrected chi connectivity index (χ0v) is 12.5. The molecule has 6 nitrogen and oxygen atoms in total. The van der Waals surface area contributed by atoms with Gasteiger partial charge in [-0.05, 0) is 50.4 Å². The van der Waals surface area contributed by atoms with Crippen LogP contribution in [0.4, 0.5) is 4.79 Å². The van der Waals surface area contributed by atoms with E-state index in [1.807, 2.05) is 0 Å². The summed E-state index contributed by atoms with van der Waals surface area (Å²) in [6.07, 6.45) is 7.13. The molecule has 1 aliphatic heterocycles. The van der Waals surface area contributed by atoms with Gasteiger partial charge < -0.3 is 21.7 Å². The SMILES string of the molecule is NC(=O)N1CCC[C@H]1C(=O)NC1C2CCCC1CC(N)C2. The number of hydrogen-bond donors (Lipinski definition) is 3. The first-order chi connectivity index (χ1) is 10.1. The second-order valence-electron chi connectivity index (χ2n) is 6.91. The average Bonchev–Trinajstić information content (AvgIpc) is 2.89. The number of fused-ring (bicyclic) bond motifs is 2. The minimum atomic E-state index is -0.487. The lowest BCUT2D eigenvalue weighted by Crippen LogP contribution is -2.57. The van der Waals surface area contributed by atoms with Crippen LogP contribution in [-0.2, 0) is 4.79 Å². The summed E-state index contributed by atoms with van der Waals surface area (Å²) in [6.45, 7) is 0.593. The zero-order chi connectivity index (χ0) is 15.0. The molecule has 2 aliphatic carbocycles. The van der Waals surface area contributed by atoms with Crippen molar-refractivity contribution in [1.82, 2.24) is 10.2 Å². The Kier molecular flexibility index (Phi) is 4.06. The molecule has 3 atom stereocenters. The smallest absolute Gasteiger partial charge is 0.315 e. The molecule has 0 aromatic heterocycles. The molecule has 6 heteroatoms. The number of carbonyl (C=O) groups excluding carboxylic acids is 2. The van der Waals surface area contributed by atoms with Crippen LogP contribution in [0.3, 0.4) is 0 Å². The minimum absolute atomic E-state index is 0.0244. The molecule has 1 heterocycles. The number of nitrogens with zero attached hydrogens (tertiary/aromatic N) is 1. The topological polar surface area (TPSA) is 101 Å². The van der Waals surface area contributed by atoms with E-state index in [2.05, 4.69) is 5.32 Å². The molecule has 2 unspecified atom stereocenters. The first kappa shape index (κ1) is 14.6. The molecule has 0 spiro atoms. The summed E-state index contributed by atoms with van der Waals surface area (Å²) in [4.78, 5) is 25.4. The van der Waals surface area contributed by atoms with Gasteiger partial charge in [0.15, 0.2) is 0 Å². The van der Waals surface area contributed by atoms with Gasteiger partial charge in [0, 0.05) is 18.6 Å². The Labute approximate surface area is 125 Å². The van der Waals surface area contributed by atoms with E-state index in [4.69, 9.17) is 11.5 Å². The van der Waals surface area contributed by atoms with E-state index in [1.165, 1.54) is 11.3 Å². The maximum absolute atomic E-state index is 12.5. The van der Waals surface area contributed by atoms with E-state index >= 15 is 0 Å². The van der Waals surface area contributed by atoms with Crippen molar-refractivity contribution < 1.29 is 9.59 Å². The summed E-state index contributed by atoms with van der Waals surface area (Å²) in [6, 6.07) is -0.347. The Morgan fingerprint density at radius 3 is 2.33 bits per heavy atom. The van der Waals surface area contributed by atoms with Crippen molar-refractivity contribution in [1.29, 1.82) is 0 Å². The molecule has 5 N–H and O–H groups in total. The first-order valence-electron chi connectivity index (χ1n) is 8.18. The van der Waals surface area contributed by atoms with E-state index in [0.29, 0.717) is 18.4 Å². The fraction of sp³-hybridized carbons (Fsp3) is 0.867. The van der Waals surface area contributed by atoms with Gasteiger partial charge in [0.2, 0.25) is 5.91 Å². The van der Waals surface area contributed by atoms with Crippen molar-refractivity contribution in [3.8, 4) is 0 Å². The maximum Gasteiger partial charge on any atom is 0.315 e. The van der Waals surface area contributed by atoms with Crippen LogP contribution in [0.15, 0.2) is 0 Å². The van der Waals surface area contributed by atoms with Crippen molar-refractivity contribution in [2.75, 3.05) is 6.54 Å². The van der Waals surface area contributed by atoms with Crippen LogP contribution in [-0.4, -0.2) is 41.5 Å². The van der Waals surface area contributed by atoms with Crippen LogP contribution in [0.2, 0.25) is 0 Å². The van der Waals surface area contributed by atoms with Gasteiger partial charge >= 0.3 is 6.03 Å². The van der Waals surface area contributed by atoms with Crippen LogP contribution >= 0.6 is 0 Å². The Balaban J connectivity index is 1.65. The van der Waals surface area contributed by atoms with E-state index in [0.717, 1.165) is 38.5 Å². The van der Waals surface area contributed by atoms with Crippen molar-refractivity contribution >= 4 is 11.9 Å². The number of nitrogens with one attached hydrogen (secondary N) is 1. The van der Waals surface area contributed by atoms with Gasteiger partial charge in [-0.2, -0.15) is 0 Å². The quantitative estimate of drug-likeness (QED) is 0.693. The lowest BCUT2D eigenvalue weighted by molar-refractivity contribution is -0.127. The monoisotopic (exact) mass is 294 g/mol. The summed E-state index contributed by atoms with van der Waals surface area (Å²) in [7, 11) is 0. The van der Waals surface area contributed by atoms with E-state index in [-0.39, 0.29) is 24.0 Å². The molecule has 1 saturated heterocycles. The van der Waals surface area contributed by atoms with Crippen LogP contribution in [0.1, 0.15) is 44.9 Å². The van der Waals surface area contributed by atoms with Gasteiger partial charge in [-0.1, -0.05) is 6.42 Å². The van der Waals surface area contributed by atoms with E-state index in [9.17, 15) is 9.59 Å². The number of carbonyl (C=O) groups is 2. The van der Waals surface area contributed by atoms with Crippen LogP contribution in [0.5, 0.6) is 0 Å². The summed E-state index contributed by atoms with van der Waals surface area (Å²) in [5.74, 6) is 0.975. The molecule has 21 heavy (non-hydrogen) atoms. The lowest BCUT2D eigenvalue weighted by Gasteiger charge is -2.45. The third-order valence-electron chi connectivity index (χ3n) is 5.52. The van der Waals surface area contributed by atoms with E-state index in [1.54, 1.807) is 0 Å². The van der Waals surface area contributed by atoms with E-state index < -0.39 is 6.03 Å². The van der Waals surface area contributed by atoms with Gasteiger partial charge in [-0.25, -0.2) is 4.79 Å². The third-order valence-corrected chi connectivity index (χ3v) is 5.52. The van der Waals surface area contributed by atoms with Crippen molar-refractivity contribution in [3.05, 3.63) is 0 Å². The second kappa shape index (κ2) is 5.83. The number of amides is 3. The minimum Gasteiger partial charge on any atom is -0.351 e. The van der Waals surface area contributed by atoms with Crippen LogP contribution in [0, 0.1) is 11.8 Å². The molecule has 0 aromatic rings. The average molecular weight is 294 g/mol. The fourth-order valence-electron chi connectivity index (χ4n) is 4.59. The van der Waals surface area contributed by atoms with Gasteiger partial charge in [-0.15, -0.1) is 0 Å². The summed E-state index contributed by atoms with van der Waals surface area (Å²) in [5, 5.41) is 3.22. The van der Waals surface area contributed by atoms with Crippen molar-refractivity contribution in [2.45, 2.75) is 63.1 Å². The molecular formula is C15H26N4O2. The highest BCUT2D eigenvalue weighted by atomic mass is 16.2. The predicted octanol–water partition coefficient (Wildman–Crippen LogP) is 0.552. The molecule has 3 aliphatic rings. The standard InChI is InChI=1S/C15H26N4O2/c16-11-7-9-3-1-4-10(8-11)13(9)18-14(20)12-5-2-6-19(12)15(17)21/h9-13H,1-8,16H2,(H2,17,21)(H,18,20)/t9?,10?,11?,12-,13?/m0/s1. The molecule has 2 saturated carbocycles. The molecular weight excluding hydrogens is 268 g/mol. The first-order valence-corrected chi connectivity index (χ1v) is 8.18. The number of urea groups is 1.